The first kappa shape index (κ1) is 29.3. The van der Waals surface area contributed by atoms with Gasteiger partial charge in [-0.05, 0) is 49.4 Å². The average molecular weight is 592 g/mol. The number of halogens is 2. The number of ether oxygens (including phenoxy) is 1. The van der Waals surface area contributed by atoms with E-state index >= 15 is 8.78 Å². The van der Waals surface area contributed by atoms with Crippen LogP contribution in [-0.4, -0.2) is 66.3 Å². The predicted octanol–water partition coefficient (Wildman–Crippen LogP) is 5.98. The number of fused-ring (bicyclic) bond motifs is 1. The van der Waals surface area contributed by atoms with Gasteiger partial charge in [0.1, 0.15) is 5.75 Å². The van der Waals surface area contributed by atoms with Crippen molar-refractivity contribution in [3.63, 3.8) is 0 Å². The van der Waals surface area contributed by atoms with Crippen LogP contribution >= 0.6 is 11.8 Å². The molecule has 1 fully saturated rings. The van der Waals surface area contributed by atoms with Crippen molar-refractivity contribution in [1.29, 1.82) is 0 Å². The summed E-state index contributed by atoms with van der Waals surface area (Å²) in [5, 5.41) is 2.80. The van der Waals surface area contributed by atoms with E-state index in [4.69, 9.17) is 4.74 Å². The molecule has 1 saturated heterocycles. The molecule has 42 heavy (non-hydrogen) atoms. The number of nitrogens with one attached hydrogen (secondary N) is 1. The molecule has 3 aromatic rings. The first-order valence-corrected chi connectivity index (χ1v) is 14.9. The predicted molar refractivity (Wildman–Crippen MR) is 162 cm³/mol. The second-order valence-electron chi connectivity index (χ2n) is 9.88. The molecule has 0 saturated carbocycles. The van der Waals surface area contributed by atoms with Gasteiger partial charge in [0.2, 0.25) is 5.91 Å². The Balaban J connectivity index is 1.38. The van der Waals surface area contributed by atoms with Crippen LogP contribution in [0.3, 0.4) is 0 Å². The Morgan fingerprint density at radius 2 is 1.64 bits per heavy atom. The Bertz CT molecular complexity index is 1500. The van der Waals surface area contributed by atoms with Crippen molar-refractivity contribution in [2.24, 2.45) is 0 Å². The third-order valence-electron chi connectivity index (χ3n) is 7.19. The highest BCUT2D eigenvalue weighted by atomic mass is 32.2. The Hall–Kier alpha value is -4.18. The highest BCUT2D eigenvalue weighted by Gasteiger charge is 2.41. The van der Waals surface area contributed by atoms with Gasteiger partial charge in [0, 0.05) is 66.0 Å². The zero-order chi connectivity index (χ0) is 29.7. The van der Waals surface area contributed by atoms with Crippen molar-refractivity contribution in [3.05, 3.63) is 95.6 Å². The lowest BCUT2D eigenvalue weighted by Crippen LogP contribution is -2.37. The second kappa shape index (κ2) is 12.8. The van der Waals surface area contributed by atoms with Crippen LogP contribution in [0.5, 0.6) is 5.75 Å². The molecular weight excluding hydrogens is 560 g/mol. The van der Waals surface area contributed by atoms with Crippen LogP contribution in [-0.2, 0) is 4.79 Å². The van der Waals surface area contributed by atoms with Gasteiger partial charge in [-0.1, -0.05) is 30.3 Å². The average Bonchev–Trinajstić information content (AvgIpc) is 3.11. The quantitative estimate of drug-likeness (QED) is 0.357. The molecule has 0 aromatic heterocycles. The molecule has 3 aromatic carbocycles. The molecule has 0 radical (unpaired) electrons. The van der Waals surface area contributed by atoms with E-state index in [1.54, 1.807) is 83.4 Å². The van der Waals surface area contributed by atoms with Crippen molar-refractivity contribution in [2.45, 2.75) is 19.3 Å². The van der Waals surface area contributed by atoms with E-state index in [0.717, 1.165) is 17.6 Å². The third-order valence-corrected chi connectivity index (χ3v) is 8.13. The number of hydrogen-bond donors (Lipinski definition) is 1. The largest absolute Gasteiger partial charge is 0.493 e. The molecule has 0 atom stereocenters. The van der Waals surface area contributed by atoms with Crippen molar-refractivity contribution in [1.82, 2.24) is 4.90 Å². The minimum atomic E-state index is -3.31. The van der Waals surface area contributed by atoms with Crippen molar-refractivity contribution in [2.75, 3.05) is 48.0 Å². The smallest absolute Gasteiger partial charge is 0.275 e. The number of nitrogens with zero attached hydrogens (tertiary/aromatic N) is 2. The summed E-state index contributed by atoms with van der Waals surface area (Å²) in [6.07, 6.45) is 0.416. The first-order valence-electron chi connectivity index (χ1n) is 13.8. The third kappa shape index (κ3) is 6.33. The molecule has 0 spiro atoms. The van der Waals surface area contributed by atoms with Gasteiger partial charge < -0.3 is 19.9 Å². The molecule has 0 aliphatic carbocycles. The van der Waals surface area contributed by atoms with E-state index < -0.39 is 24.2 Å². The lowest BCUT2D eigenvalue weighted by molar-refractivity contribution is -0.125. The normalized spacial score (nSPS) is 17.3. The molecular formula is C32H31F2N3O4S. The van der Waals surface area contributed by atoms with Gasteiger partial charge in [0.15, 0.2) is 0 Å². The summed E-state index contributed by atoms with van der Waals surface area (Å²) in [4.78, 5) is 42.4. The molecule has 10 heteroatoms. The number of allylic oxidation sites excluding steroid dienone is 1. The van der Waals surface area contributed by atoms with Crippen molar-refractivity contribution < 1.29 is 27.9 Å². The SMILES string of the molecule is CCOc1ccccc1C(=O)Nc1ccc(C(=O)N2CCC(F)(F)/C(=C\C(=O)N3CCSCC3)c3ccccc32)cc1. The monoisotopic (exact) mass is 591 g/mol. The van der Waals surface area contributed by atoms with Gasteiger partial charge in [-0.15, -0.1) is 0 Å². The van der Waals surface area contributed by atoms with Gasteiger partial charge >= 0.3 is 0 Å². The number of rotatable bonds is 6. The number of para-hydroxylation sites is 2. The van der Waals surface area contributed by atoms with Crippen molar-refractivity contribution in [3.8, 4) is 5.75 Å². The Morgan fingerprint density at radius 1 is 0.952 bits per heavy atom. The zero-order valence-electron chi connectivity index (χ0n) is 23.1. The Labute approximate surface area is 247 Å². The summed E-state index contributed by atoms with van der Waals surface area (Å²) in [5.74, 6) is -2.57. The summed E-state index contributed by atoms with van der Waals surface area (Å²) < 4.78 is 36.6. The van der Waals surface area contributed by atoms with Gasteiger partial charge in [-0.3, -0.25) is 14.4 Å². The highest BCUT2D eigenvalue weighted by Crippen LogP contribution is 2.43. The van der Waals surface area contributed by atoms with Crippen LogP contribution in [0.15, 0.2) is 78.9 Å². The number of carbonyl (C=O) groups is 3. The van der Waals surface area contributed by atoms with Gasteiger partial charge in [-0.25, -0.2) is 8.78 Å². The maximum absolute atomic E-state index is 15.5. The molecule has 3 amide bonds. The minimum absolute atomic E-state index is 0.157. The molecule has 5 rings (SSSR count). The number of anilines is 2. The fourth-order valence-corrected chi connectivity index (χ4v) is 5.92. The molecule has 2 heterocycles. The lowest BCUT2D eigenvalue weighted by Gasteiger charge is -2.26. The van der Waals surface area contributed by atoms with Gasteiger partial charge in [-0.2, -0.15) is 11.8 Å². The minimum Gasteiger partial charge on any atom is -0.493 e. The summed E-state index contributed by atoms with van der Waals surface area (Å²) >= 11 is 1.73. The number of thioether (sulfide) groups is 1. The fraction of sp³-hybridized carbons (Fsp3) is 0.281. The number of amides is 3. The van der Waals surface area contributed by atoms with E-state index in [-0.39, 0.29) is 29.2 Å². The van der Waals surface area contributed by atoms with Crippen LogP contribution in [0.25, 0.3) is 5.57 Å². The van der Waals surface area contributed by atoms with Crippen LogP contribution in [0.1, 0.15) is 39.6 Å². The van der Waals surface area contributed by atoms with Gasteiger partial charge in [0.05, 0.1) is 17.9 Å². The van der Waals surface area contributed by atoms with E-state index in [2.05, 4.69) is 5.32 Å². The zero-order valence-corrected chi connectivity index (χ0v) is 24.0. The van der Waals surface area contributed by atoms with Crippen LogP contribution < -0.4 is 15.0 Å². The van der Waals surface area contributed by atoms with Crippen LogP contribution in [0, 0.1) is 0 Å². The van der Waals surface area contributed by atoms with E-state index in [9.17, 15) is 14.4 Å². The summed E-state index contributed by atoms with van der Waals surface area (Å²) in [6, 6.07) is 19.6. The summed E-state index contributed by atoms with van der Waals surface area (Å²) in [5.41, 5.74) is 1.22. The molecule has 0 unspecified atom stereocenters. The molecule has 218 valence electrons. The highest BCUT2D eigenvalue weighted by molar-refractivity contribution is 7.99. The van der Waals surface area contributed by atoms with Crippen molar-refractivity contribution >= 4 is 46.4 Å². The molecule has 0 bridgehead atoms. The second-order valence-corrected chi connectivity index (χ2v) is 11.1. The molecule has 1 N–H and O–H groups in total. The van der Waals surface area contributed by atoms with E-state index in [1.165, 1.54) is 11.0 Å². The molecule has 2 aliphatic rings. The summed E-state index contributed by atoms with van der Waals surface area (Å²) in [7, 11) is 0. The fourth-order valence-electron chi connectivity index (χ4n) is 5.02. The van der Waals surface area contributed by atoms with E-state index in [1.807, 2.05) is 6.92 Å². The van der Waals surface area contributed by atoms with Gasteiger partial charge in [0.25, 0.3) is 17.7 Å². The van der Waals surface area contributed by atoms with Crippen LogP contribution in [0.4, 0.5) is 20.2 Å². The van der Waals surface area contributed by atoms with E-state index in [0.29, 0.717) is 42.4 Å². The number of hydrogen-bond acceptors (Lipinski definition) is 5. The Kier molecular flexibility index (Phi) is 8.91. The summed E-state index contributed by atoms with van der Waals surface area (Å²) in [6.45, 7) is 3.04. The standard InChI is InChI=1S/C32H31F2N3O4S/c1-2-41-28-10-6-4-8-25(28)30(39)35-23-13-11-22(12-14-23)31(40)37-16-15-32(33,34)26(24-7-3-5-9-27(24)37)21-29(38)36-17-19-42-20-18-36/h3-14,21H,2,15-20H2,1H3,(H,35,39)/b26-21-. The first-order chi connectivity index (χ1) is 20.3. The molecule has 7 nitrogen and oxygen atoms in total. The Morgan fingerprint density at radius 3 is 2.38 bits per heavy atom. The van der Waals surface area contributed by atoms with Crippen LogP contribution in [0.2, 0.25) is 0 Å². The lowest BCUT2D eigenvalue weighted by atomic mass is 9.96. The maximum atomic E-state index is 15.5. The number of benzene rings is 3. The topological polar surface area (TPSA) is 79.0 Å². The molecule has 2 aliphatic heterocycles. The number of carbonyl (C=O) groups excluding carboxylic acids is 3. The number of alkyl halides is 2. The maximum Gasteiger partial charge on any atom is 0.275 e.